The number of guanidine groups is 1. The Morgan fingerprint density at radius 3 is 2.90 bits per heavy atom. The van der Waals surface area contributed by atoms with Crippen LogP contribution in [0.15, 0.2) is 39.8 Å². The van der Waals surface area contributed by atoms with Crippen LogP contribution in [0.3, 0.4) is 0 Å². The first-order chi connectivity index (χ1) is 14.1. The average molecular weight is 399 g/mol. The van der Waals surface area contributed by atoms with Crippen molar-refractivity contribution in [2.24, 2.45) is 4.99 Å². The molecule has 1 aromatic heterocycles. The summed E-state index contributed by atoms with van der Waals surface area (Å²) in [6, 6.07) is 9.56. The van der Waals surface area contributed by atoms with E-state index in [1.165, 1.54) is 0 Å². The smallest absolute Gasteiger partial charge is 0.265 e. The molecule has 2 heterocycles. The molecule has 0 atom stereocenters. The van der Waals surface area contributed by atoms with Crippen molar-refractivity contribution >= 4 is 17.6 Å². The topological polar surface area (TPSA) is 92.0 Å². The van der Waals surface area contributed by atoms with Crippen molar-refractivity contribution in [1.82, 2.24) is 15.8 Å². The lowest BCUT2D eigenvalue weighted by molar-refractivity contribution is -0.121. The van der Waals surface area contributed by atoms with Gasteiger partial charge in [-0.3, -0.25) is 4.79 Å². The van der Waals surface area contributed by atoms with Crippen LogP contribution in [-0.4, -0.2) is 43.3 Å². The van der Waals surface area contributed by atoms with Gasteiger partial charge in [0.05, 0.1) is 11.4 Å². The van der Waals surface area contributed by atoms with Gasteiger partial charge < -0.3 is 24.8 Å². The van der Waals surface area contributed by atoms with Crippen LogP contribution in [0.2, 0.25) is 0 Å². The van der Waals surface area contributed by atoms with Crippen LogP contribution < -0.4 is 20.3 Å². The SMILES string of the molecule is CCNC(=NCc1cc(C(C)C)no1)NCCCN1C(=O)COc2ccccc21. The van der Waals surface area contributed by atoms with Gasteiger partial charge in [-0.2, -0.15) is 0 Å². The zero-order valence-corrected chi connectivity index (χ0v) is 17.3. The minimum atomic E-state index is -0.0180. The van der Waals surface area contributed by atoms with Gasteiger partial charge in [0.2, 0.25) is 0 Å². The molecule has 29 heavy (non-hydrogen) atoms. The molecular weight excluding hydrogens is 370 g/mol. The van der Waals surface area contributed by atoms with E-state index in [4.69, 9.17) is 9.26 Å². The van der Waals surface area contributed by atoms with Gasteiger partial charge in [-0.25, -0.2) is 4.99 Å². The summed E-state index contributed by atoms with van der Waals surface area (Å²) in [5.41, 5.74) is 1.76. The Bertz CT molecular complexity index is 846. The van der Waals surface area contributed by atoms with Gasteiger partial charge in [-0.1, -0.05) is 31.1 Å². The van der Waals surface area contributed by atoms with Gasteiger partial charge in [-0.05, 0) is 31.4 Å². The van der Waals surface area contributed by atoms with Crippen molar-refractivity contribution in [3.05, 3.63) is 41.8 Å². The zero-order valence-electron chi connectivity index (χ0n) is 17.3. The molecule has 0 spiro atoms. The van der Waals surface area contributed by atoms with Crippen LogP contribution in [0.1, 0.15) is 44.6 Å². The Balaban J connectivity index is 1.51. The van der Waals surface area contributed by atoms with Crippen LogP contribution in [-0.2, 0) is 11.3 Å². The second kappa shape index (κ2) is 9.95. The van der Waals surface area contributed by atoms with Gasteiger partial charge in [0.25, 0.3) is 5.91 Å². The first-order valence-electron chi connectivity index (χ1n) is 10.1. The number of para-hydroxylation sites is 2. The standard InChI is InChI=1S/C21H29N5O3/c1-4-22-21(24-13-16-12-17(15(2)3)25-29-16)23-10-7-11-26-18-8-5-6-9-19(18)28-14-20(26)27/h5-6,8-9,12,15H,4,7,10-11,13-14H2,1-3H3,(H2,22,23,24). The summed E-state index contributed by atoms with van der Waals surface area (Å²) in [7, 11) is 0. The molecule has 8 nitrogen and oxygen atoms in total. The molecule has 0 bridgehead atoms. The third-order valence-electron chi connectivity index (χ3n) is 4.57. The number of benzene rings is 1. The molecule has 0 radical (unpaired) electrons. The first-order valence-corrected chi connectivity index (χ1v) is 10.1. The van der Waals surface area contributed by atoms with Crippen molar-refractivity contribution in [3.63, 3.8) is 0 Å². The Morgan fingerprint density at radius 2 is 2.14 bits per heavy atom. The maximum Gasteiger partial charge on any atom is 0.265 e. The van der Waals surface area contributed by atoms with E-state index in [2.05, 4.69) is 34.6 Å². The molecule has 0 fully saturated rings. The number of fused-ring (bicyclic) bond motifs is 1. The number of hydrogen-bond donors (Lipinski definition) is 2. The number of aliphatic imine (C=N–C) groups is 1. The number of carbonyl (C=O) groups excluding carboxylic acids is 1. The highest BCUT2D eigenvalue weighted by Crippen LogP contribution is 2.31. The van der Waals surface area contributed by atoms with Crippen LogP contribution in [0.4, 0.5) is 5.69 Å². The van der Waals surface area contributed by atoms with Crippen LogP contribution in [0.5, 0.6) is 5.75 Å². The number of amides is 1. The molecule has 8 heteroatoms. The van der Waals surface area contributed by atoms with Gasteiger partial charge in [-0.15, -0.1) is 0 Å². The highest BCUT2D eigenvalue weighted by atomic mass is 16.5. The third-order valence-corrected chi connectivity index (χ3v) is 4.57. The Kier molecular flexibility index (Phi) is 7.10. The van der Waals surface area contributed by atoms with Gasteiger partial charge >= 0.3 is 0 Å². The number of ether oxygens (including phenoxy) is 1. The minimum Gasteiger partial charge on any atom is -0.482 e. The quantitative estimate of drug-likeness (QED) is 0.403. The molecular formula is C21H29N5O3. The summed E-state index contributed by atoms with van der Waals surface area (Å²) in [4.78, 5) is 18.6. The highest BCUT2D eigenvalue weighted by molar-refractivity contribution is 5.97. The lowest BCUT2D eigenvalue weighted by atomic mass is 10.1. The van der Waals surface area contributed by atoms with Gasteiger partial charge in [0.1, 0.15) is 12.3 Å². The van der Waals surface area contributed by atoms with Crippen molar-refractivity contribution in [2.45, 2.75) is 39.7 Å². The van der Waals surface area contributed by atoms with Crippen LogP contribution >= 0.6 is 0 Å². The van der Waals surface area contributed by atoms with E-state index in [0.717, 1.165) is 35.9 Å². The average Bonchev–Trinajstić information content (AvgIpc) is 3.20. The summed E-state index contributed by atoms with van der Waals surface area (Å²) < 4.78 is 10.8. The number of anilines is 1. The summed E-state index contributed by atoms with van der Waals surface area (Å²) in [6.07, 6.45) is 0.782. The maximum absolute atomic E-state index is 12.2. The minimum absolute atomic E-state index is 0.0180. The predicted molar refractivity (Wildman–Crippen MR) is 112 cm³/mol. The Morgan fingerprint density at radius 1 is 1.31 bits per heavy atom. The van der Waals surface area contributed by atoms with Crippen molar-refractivity contribution < 1.29 is 14.1 Å². The third kappa shape index (κ3) is 5.49. The monoisotopic (exact) mass is 399 g/mol. The summed E-state index contributed by atoms with van der Waals surface area (Å²) in [5, 5.41) is 10.6. The molecule has 1 aliphatic heterocycles. The number of hydrogen-bond acceptors (Lipinski definition) is 5. The molecule has 0 saturated carbocycles. The number of nitrogens with zero attached hydrogens (tertiary/aromatic N) is 3. The second-order valence-corrected chi connectivity index (χ2v) is 7.15. The van der Waals surface area contributed by atoms with E-state index in [9.17, 15) is 4.79 Å². The molecule has 2 aromatic rings. The zero-order chi connectivity index (χ0) is 20.6. The van der Waals surface area contributed by atoms with Crippen LogP contribution in [0.25, 0.3) is 0 Å². The molecule has 1 aromatic carbocycles. The fourth-order valence-corrected chi connectivity index (χ4v) is 3.02. The first kappa shape index (κ1) is 20.7. The van der Waals surface area contributed by atoms with E-state index in [1.807, 2.05) is 37.3 Å². The molecule has 3 rings (SSSR count). The highest BCUT2D eigenvalue weighted by Gasteiger charge is 2.24. The summed E-state index contributed by atoms with van der Waals surface area (Å²) >= 11 is 0. The fraction of sp³-hybridized carbons (Fsp3) is 0.476. The normalized spacial score (nSPS) is 14.0. The van der Waals surface area contributed by atoms with Crippen LogP contribution in [0, 0.1) is 0 Å². The Hall–Kier alpha value is -3.03. The number of nitrogens with one attached hydrogen (secondary N) is 2. The largest absolute Gasteiger partial charge is 0.482 e. The van der Waals surface area contributed by atoms with Crippen molar-refractivity contribution in [3.8, 4) is 5.75 Å². The van der Waals surface area contributed by atoms with E-state index < -0.39 is 0 Å². The lowest BCUT2D eigenvalue weighted by Gasteiger charge is -2.29. The van der Waals surface area contributed by atoms with E-state index in [0.29, 0.717) is 31.5 Å². The van der Waals surface area contributed by atoms with E-state index in [1.54, 1.807) is 4.90 Å². The fourth-order valence-electron chi connectivity index (χ4n) is 3.02. The number of aromatic nitrogens is 1. The number of rotatable bonds is 8. The molecule has 0 saturated heterocycles. The van der Waals surface area contributed by atoms with Gasteiger partial charge in [0.15, 0.2) is 18.3 Å². The van der Waals surface area contributed by atoms with E-state index >= 15 is 0 Å². The molecule has 0 aliphatic carbocycles. The lowest BCUT2D eigenvalue weighted by Crippen LogP contribution is -2.42. The Labute approximate surface area is 171 Å². The van der Waals surface area contributed by atoms with E-state index in [-0.39, 0.29) is 12.5 Å². The summed E-state index contributed by atoms with van der Waals surface area (Å²) in [6.45, 7) is 8.75. The number of carbonyl (C=O) groups is 1. The van der Waals surface area contributed by atoms with Crippen molar-refractivity contribution in [2.75, 3.05) is 31.1 Å². The maximum atomic E-state index is 12.2. The molecule has 2 N–H and O–H groups in total. The summed E-state index contributed by atoms with van der Waals surface area (Å²) in [5.74, 6) is 2.51. The van der Waals surface area contributed by atoms with Gasteiger partial charge in [0, 0.05) is 25.7 Å². The molecule has 1 aliphatic rings. The molecule has 156 valence electrons. The second-order valence-electron chi connectivity index (χ2n) is 7.15. The molecule has 1 amide bonds. The van der Waals surface area contributed by atoms with Crippen molar-refractivity contribution in [1.29, 1.82) is 0 Å². The predicted octanol–water partition coefficient (Wildman–Crippen LogP) is 2.67. The molecule has 0 unspecified atom stereocenters.